The second kappa shape index (κ2) is 4.99. The molecule has 0 spiro atoms. The molecule has 0 atom stereocenters. The molecule has 0 saturated heterocycles. The normalized spacial score (nSPS) is 9.60. The summed E-state index contributed by atoms with van der Waals surface area (Å²) in [6, 6.07) is 3.13. The molecule has 0 aromatic heterocycles. The number of nitrogens with two attached hydrogens (primary N) is 1. The highest BCUT2D eigenvalue weighted by molar-refractivity contribution is 9.10. The van der Waals surface area contributed by atoms with Crippen LogP contribution in [0.2, 0.25) is 0 Å². The van der Waals surface area contributed by atoms with Gasteiger partial charge in [-0.05, 0) is 28.1 Å². The minimum atomic E-state index is -0.404. The number of methoxy groups -OCH3 is 2. The number of halogens is 1. The summed E-state index contributed by atoms with van der Waals surface area (Å²) >= 11 is 3.29. The summed E-state index contributed by atoms with van der Waals surface area (Å²) in [5.41, 5.74) is 2.41. The van der Waals surface area contributed by atoms with Gasteiger partial charge in [0.1, 0.15) is 16.0 Å². The van der Waals surface area contributed by atoms with Crippen LogP contribution in [0, 0.1) is 0 Å². The molecule has 5 nitrogen and oxygen atoms in total. The van der Waals surface area contributed by atoms with E-state index >= 15 is 0 Å². The average molecular weight is 275 g/mol. The van der Waals surface area contributed by atoms with E-state index in [-0.39, 0.29) is 0 Å². The van der Waals surface area contributed by atoms with Crippen LogP contribution in [0.25, 0.3) is 0 Å². The molecule has 0 unspecified atom stereocenters. The molecule has 1 aromatic carbocycles. The van der Waals surface area contributed by atoms with Crippen LogP contribution in [0.3, 0.4) is 0 Å². The van der Waals surface area contributed by atoms with E-state index in [0.717, 1.165) is 0 Å². The number of rotatable bonds is 3. The Balaban J connectivity index is 3.26. The van der Waals surface area contributed by atoms with Gasteiger partial charge in [-0.1, -0.05) is 0 Å². The smallest absolute Gasteiger partial charge is 0.265 e. The van der Waals surface area contributed by atoms with Crippen molar-refractivity contribution in [2.24, 2.45) is 5.84 Å². The van der Waals surface area contributed by atoms with Gasteiger partial charge in [0.15, 0.2) is 0 Å². The molecule has 15 heavy (non-hydrogen) atoms. The molecule has 0 aliphatic carbocycles. The molecule has 0 bridgehead atoms. The fourth-order valence-corrected chi connectivity index (χ4v) is 1.64. The molecule has 3 N–H and O–H groups in total. The number of carbonyl (C=O) groups is 1. The Morgan fingerprint density at radius 1 is 1.33 bits per heavy atom. The van der Waals surface area contributed by atoms with Crippen LogP contribution < -0.4 is 20.7 Å². The Morgan fingerprint density at radius 2 is 1.80 bits per heavy atom. The van der Waals surface area contributed by atoms with Crippen LogP contribution in [0.5, 0.6) is 11.5 Å². The summed E-state index contributed by atoms with van der Waals surface area (Å²) in [4.78, 5) is 11.3. The molecule has 0 fully saturated rings. The highest BCUT2D eigenvalue weighted by atomic mass is 79.9. The second-order valence-electron chi connectivity index (χ2n) is 2.67. The molecule has 6 heteroatoms. The third kappa shape index (κ3) is 2.40. The number of benzene rings is 1. The number of nitrogens with one attached hydrogen (secondary N) is 1. The van der Waals surface area contributed by atoms with Gasteiger partial charge in [-0.15, -0.1) is 0 Å². The molecule has 0 saturated carbocycles. The SMILES string of the molecule is COc1cc(C(=O)NN)cc(OC)c1Br. The van der Waals surface area contributed by atoms with E-state index in [0.29, 0.717) is 21.5 Å². The van der Waals surface area contributed by atoms with Crippen LogP contribution in [-0.2, 0) is 0 Å². The quantitative estimate of drug-likeness (QED) is 0.491. The molecular formula is C9H11BrN2O3. The van der Waals surface area contributed by atoms with Crippen LogP contribution in [0.4, 0.5) is 0 Å². The van der Waals surface area contributed by atoms with Gasteiger partial charge in [0.2, 0.25) is 0 Å². The molecule has 0 aliphatic heterocycles. The van der Waals surface area contributed by atoms with Crippen LogP contribution in [0.15, 0.2) is 16.6 Å². The standard InChI is InChI=1S/C9H11BrN2O3/c1-14-6-3-5(9(13)12-11)4-7(15-2)8(6)10/h3-4H,11H2,1-2H3,(H,12,13). The maximum absolute atomic E-state index is 11.3. The van der Waals surface area contributed by atoms with Crippen molar-refractivity contribution in [3.05, 3.63) is 22.2 Å². The third-order valence-electron chi connectivity index (χ3n) is 1.84. The Kier molecular flexibility index (Phi) is 3.93. The van der Waals surface area contributed by atoms with Gasteiger partial charge in [0, 0.05) is 5.56 Å². The number of hydrazine groups is 1. The lowest BCUT2D eigenvalue weighted by atomic mass is 10.2. The van der Waals surface area contributed by atoms with Crippen molar-refractivity contribution in [1.29, 1.82) is 0 Å². The van der Waals surface area contributed by atoms with Gasteiger partial charge in [0.05, 0.1) is 14.2 Å². The fraction of sp³-hybridized carbons (Fsp3) is 0.222. The fourth-order valence-electron chi connectivity index (χ4n) is 1.08. The molecule has 1 amide bonds. The minimum absolute atomic E-state index is 0.370. The second-order valence-corrected chi connectivity index (χ2v) is 3.46. The summed E-state index contributed by atoms with van der Waals surface area (Å²) < 4.78 is 10.8. The molecule has 1 rings (SSSR count). The zero-order valence-electron chi connectivity index (χ0n) is 8.33. The minimum Gasteiger partial charge on any atom is -0.495 e. The van der Waals surface area contributed by atoms with Gasteiger partial charge in [-0.2, -0.15) is 0 Å². The number of ether oxygens (including phenoxy) is 2. The van der Waals surface area contributed by atoms with E-state index in [1.54, 1.807) is 12.1 Å². The predicted octanol–water partition coefficient (Wildman–Crippen LogP) is 1.07. The number of carbonyl (C=O) groups excluding carboxylic acids is 1. The van der Waals surface area contributed by atoms with E-state index in [1.165, 1.54) is 14.2 Å². The maximum Gasteiger partial charge on any atom is 0.265 e. The summed E-state index contributed by atoms with van der Waals surface area (Å²) in [7, 11) is 3.01. The monoisotopic (exact) mass is 274 g/mol. The highest BCUT2D eigenvalue weighted by Gasteiger charge is 2.13. The summed E-state index contributed by atoms with van der Waals surface area (Å²) in [5, 5.41) is 0. The Hall–Kier alpha value is -1.27. The number of amides is 1. The van der Waals surface area contributed by atoms with Crippen LogP contribution in [0.1, 0.15) is 10.4 Å². The van der Waals surface area contributed by atoms with Crippen molar-refractivity contribution in [2.45, 2.75) is 0 Å². The van der Waals surface area contributed by atoms with Crippen LogP contribution in [-0.4, -0.2) is 20.1 Å². The van der Waals surface area contributed by atoms with E-state index in [9.17, 15) is 4.79 Å². The zero-order chi connectivity index (χ0) is 11.4. The topological polar surface area (TPSA) is 73.6 Å². The first-order valence-corrected chi connectivity index (χ1v) is 4.85. The van der Waals surface area contributed by atoms with Crippen molar-refractivity contribution in [2.75, 3.05) is 14.2 Å². The maximum atomic E-state index is 11.3. The molecule has 82 valence electrons. The van der Waals surface area contributed by atoms with E-state index in [2.05, 4.69) is 15.9 Å². The Morgan fingerprint density at radius 3 is 2.13 bits per heavy atom. The molecule has 1 aromatic rings. The average Bonchev–Trinajstić information content (AvgIpc) is 2.28. The van der Waals surface area contributed by atoms with E-state index in [4.69, 9.17) is 15.3 Å². The van der Waals surface area contributed by atoms with Crippen molar-refractivity contribution >= 4 is 21.8 Å². The summed E-state index contributed by atoms with van der Waals surface area (Å²) in [6.07, 6.45) is 0. The number of nitrogen functional groups attached to an aromatic ring is 1. The Labute approximate surface area is 95.6 Å². The lowest BCUT2D eigenvalue weighted by Crippen LogP contribution is -2.30. The van der Waals surface area contributed by atoms with Gasteiger partial charge >= 0.3 is 0 Å². The van der Waals surface area contributed by atoms with Crippen molar-refractivity contribution < 1.29 is 14.3 Å². The lowest BCUT2D eigenvalue weighted by molar-refractivity contribution is 0.0953. The van der Waals surface area contributed by atoms with Gasteiger partial charge in [-0.3, -0.25) is 10.2 Å². The summed E-state index contributed by atoms with van der Waals surface area (Å²) in [6.45, 7) is 0. The van der Waals surface area contributed by atoms with Crippen molar-refractivity contribution in [3.63, 3.8) is 0 Å². The number of hydrogen-bond donors (Lipinski definition) is 2. The first-order valence-electron chi connectivity index (χ1n) is 4.06. The van der Waals surface area contributed by atoms with Crippen molar-refractivity contribution in [1.82, 2.24) is 5.43 Å². The molecule has 0 heterocycles. The molecule has 0 radical (unpaired) electrons. The first kappa shape index (κ1) is 11.8. The number of hydrogen-bond acceptors (Lipinski definition) is 4. The molecular weight excluding hydrogens is 264 g/mol. The predicted molar refractivity (Wildman–Crippen MR) is 58.9 cm³/mol. The first-order chi connectivity index (χ1) is 7.13. The largest absolute Gasteiger partial charge is 0.495 e. The summed E-state index contributed by atoms with van der Waals surface area (Å²) in [5.74, 6) is 5.64. The van der Waals surface area contributed by atoms with Gasteiger partial charge in [0.25, 0.3) is 5.91 Å². The molecule has 0 aliphatic rings. The lowest BCUT2D eigenvalue weighted by Gasteiger charge is -2.10. The Bertz CT molecular complexity index is 357. The van der Waals surface area contributed by atoms with Crippen LogP contribution >= 0.6 is 15.9 Å². The van der Waals surface area contributed by atoms with Crippen molar-refractivity contribution in [3.8, 4) is 11.5 Å². The van der Waals surface area contributed by atoms with E-state index in [1.807, 2.05) is 5.43 Å². The van der Waals surface area contributed by atoms with Gasteiger partial charge < -0.3 is 9.47 Å². The van der Waals surface area contributed by atoms with Gasteiger partial charge in [-0.25, -0.2) is 5.84 Å². The third-order valence-corrected chi connectivity index (χ3v) is 2.62. The zero-order valence-corrected chi connectivity index (χ0v) is 9.92. The highest BCUT2D eigenvalue weighted by Crippen LogP contribution is 2.35. The van der Waals surface area contributed by atoms with E-state index < -0.39 is 5.91 Å².